The Morgan fingerprint density at radius 2 is 2.20 bits per heavy atom. The van der Waals surface area contributed by atoms with Crippen LogP contribution < -0.4 is 5.32 Å². The topological polar surface area (TPSA) is 32.3 Å². The highest BCUT2D eigenvalue weighted by atomic mass is 16.2. The molecule has 1 heterocycles. The highest BCUT2D eigenvalue weighted by Gasteiger charge is 2.26. The minimum atomic E-state index is 0.135. The molecule has 1 aliphatic rings. The number of nitrogens with zero attached hydrogens (tertiary/aromatic N) is 1. The Labute approximate surface area is 93.2 Å². The molecule has 0 aliphatic carbocycles. The second-order valence-electron chi connectivity index (χ2n) is 4.49. The van der Waals surface area contributed by atoms with Gasteiger partial charge in [-0.3, -0.25) is 9.69 Å². The molecule has 1 atom stereocenters. The molecule has 88 valence electrons. The molecule has 15 heavy (non-hydrogen) atoms. The van der Waals surface area contributed by atoms with E-state index in [9.17, 15) is 4.79 Å². The average molecular weight is 212 g/mol. The summed E-state index contributed by atoms with van der Waals surface area (Å²) in [4.78, 5) is 13.9. The summed E-state index contributed by atoms with van der Waals surface area (Å²) in [6.45, 7) is 4.11. The van der Waals surface area contributed by atoms with E-state index in [0.717, 1.165) is 32.4 Å². The van der Waals surface area contributed by atoms with E-state index in [1.165, 1.54) is 19.3 Å². The molecule has 1 unspecified atom stereocenters. The quantitative estimate of drug-likeness (QED) is 0.681. The van der Waals surface area contributed by atoms with Crippen LogP contribution in [0.15, 0.2) is 0 Å². The maximum atomic E-state index is 11.7. The SMILES string of the molecule is CCCCCCNC(=O)C1CCCN1C. The summed E-state index contributed by atoms with van der Waals surface area (Å²) in [6.07, 6.45) is 7.06. The van der Waals surface area contributed by atoms with Crippen LogP contribution in [-0.2, 0) is 4.79 Å². The molecular weight excluding hydrogens is 188 g/mol. The smallest absolute Gasteiger partial charge is 0.237 e. The molecular formula is C12H24N2O. The van der Waals surface area contributed by atoms with Crippen LogP contribution in [0.25, 0.3) is 0 Å². The third-order valence-corrected chi connectivity index (χ3v) is 3.15. The minimum Gasteiger partial charge on any atom is -0.355 e. The molecule has 3 nitrogen and oxygen atoms in total. The summed E-state index contributed by atoms with van der Waals surface area (Å²) >= 11 is 0. The van der Waals surface area contributed by atoms with Crippen LogP contribution in [0.1, 0.15) is 45.4 Å². The molecule has 1 amide bonds. The molecule has 1 fully saturated rings. The van der Waals surface area contributed by atoms with Crippen molar-refractivity contribution in [3.8, 4) is 0 Å². The Morgan fingerprint density at radius 3 is 2.80 bits per heavy atom. The minimum absolute atomic E-state index is 0.135. The molecule has 0 aromatic rings. The molecule has 0 spiro atoms. The van der Waals surface area contributed by atoms with Gasteiger partial charge in [0.25, 0.3) is 0 Å². The number of rotatable bonds is 6. The number of hydrogen-bond acceptors (Lipinski definition) is 2. The largest absolute Gasteiger partial charge is 0.355 e. The van der Waals surface area contributed by atoms with E-state index in [1.54, 1.807) is 0 Å². The molecule has 0 saturated carbocycles. The molecule has 3 heteroatoms. The molecule has 1 rings (SSSR count). The van der Waals surface area contributed by atoms with Crippen molar-refractivity contribution in [1.82, 2.24) is 10.2 Å². The number of carbonyl (C=O) groups excluding carboxylic acids is 1. The van der Waals surface area contributed by atoms with Crippen molar-refractivity contribution in [3.63, 3.8) is 0 Å². The van der Waals surface area contributed by atoms with Gasteiger partial charge in [0.15, 0.2) is 0 Å². The van der Waals surface area contributed by atoms with Crippen LogP contribution in [0.5, 0.6) is 0 Å². The second kappa shape index (κ2) is 6.83. The van der Waals surface area contributed by atoms with Gasteiger partial charge in [-0.05, 0) is 32.9 Å². The van der Waals surface area contributed by atoms with E-state index in [0.29, 0.717) is 0 Å². The van der Waals surface area contributed by atoms with E-state index in [-0.39, 0.29) is 11.9 Å². The van der Waals surface area contributed by atoms with Gasteiger partial charge >= 0.3 is 0 Å². The normalized spacial score (nSPS) is 21.9. The zero-order chi connectivity index (χ0) is 11.1. The van der Waals surface area contributed by atoms with E-state index in [1.807, 2.05) is 7.05 Å². The zero-order valence-electron chi connectivity index (χ0n) is 10.1. The first-order chi connectivity index (χ1) is 7.25. The van der Waals surface area contributed by atoms with Crippen molar-refractivity contribution in [3.05, 3.63) is 0 Å². The first-order valence-corrected chi connectivity index (χ1v) is 6.23. The molecule has 1 saturated heterocycles. The predicted molar refractivity (Wildman–Crippen MR) is 62.8 cm³/mol. The number of unbranched alkanes of at least 4 members (excludes halogenated alkanes) is 3. The van der Waals surface area contributed by atoms with Crippen molar-refractivity contribution in [2.45, 2.75) is 51.5 Å². The van der Waals surface area contributed by atoms with Crippen LogP contribution in [0.2, 0.25) is 0 Å². The molecule has 1 N–H and O–H groups in total. The van der Waals surface area contributed by atoms with Crippen LogP contribution in [0, 0.1) is 0 Å². The van der Waals surface area contributed by atoms with Gasteiger partial charge in [-0.1, -0.05) is 26.2 Å². The fourth-order valence-corrected chi connectivity index (χ4v) is 2.12. The Kier molecular flexibility index (Phi) is 5.69. The third-order valence-electron chi connectivity index (χ3n) is 3.15. The number of amides is 1. The Hall–Kier alpha value is -0.570. The van der Waals surface area contributed by atoms with E-state index < -0.39 is 0 Å². The van der Waals surface area contributed by atoms with Gasteiger partial charge < -0.3 is 5.32 Å². The van der Waals surface area contributed by atoms with Crippen LogP contribution in [0.3, 0.4) is 0 Å². The van der Waals surface area contributed by atoms with Gasteiger partial charge in [0.2, 0.25) is 5.91 Å². The fraction of sp³-hybridized carbons (Fsp3) is 0.917. The number of hydrogen-bond donors (Lipinski definition) is 1. The third kappa shape index (κ3) is 4.20. The monoisotopic (exact) mass is 212 g/mol. The van der Waals surface area contributed by atoms with E-state index >= 15 is 0 Å². The summed E-state index contributed by atoms with van der Waals surface area (Å²) in [5, 5.41) is 3.03. The predicted octanol–water partition coefficient (Wildman–Crippen LogP) is 1.78. The van der Waals surface area contributed by atoms with E-state index in [2.05, 4.69) is 17.1 Å². The fourth-order valence-electron chi connectivity index (χ4n) is 2.12. The maximum Gasteiger partial charge on any atom is 0.237 e. The summed E-state index contributed by atoms with van der Waals surface area (Å²) in [5.41, 5.74) is 0. The summed E-state index contributed by atoms with van der Waals surface area (Å²) < 4.78 is 0. The highest BCUT2D eigenvalue weighted by molar-refractivity contribution is 5.81. The Bertz CT molecular complexity index is 194. The van der Waals surface area contributed by atoms with Gasteiger partial charge in [0, 0.05) is 6.54 Å². The lowest BCUT2D eigenvalue weighted by molar-refractivity contribution is -0.125. The molecule has 0 radical (unpaired) electrons. The molecule has 0 aromatic carbocycles. The van der Waals surface area contributed by atoms with Gasteiger partial charge in [0.05, 0.1) is 6.04 Å². The summed E-state index contributed by atoms with van der Waals surface area (Å²) in [7, 11) is 2.04. The first kappa shape index (κ1) is 12.5. The van der Waals surface area contributed by atoms with Crippen molar-refractivity contribution >= 4 is 5.91 Å². The molecule has 0 aromatic heterocycles. The second-order valence-corrected chi connectivity index (χ2v) is 4.49. The average Bonchev–Trinajstić information content (AvgIpc) is 2.64. The van der Waals surface area contributed by atoms with Crippen molar-refractivity contribution in [2.24, 2.45) is 0 Å². The number of likely N-dealkylation sites (tertiary alicyclic amines) is 1. The lowest BCUT2D eigenvalue weighted by Crippen LogP contribution is -2.41. The maximum absolute atomic E-state index is 11.7. The van der Waals surface area contributed by atoms with Gasteiger partial charge in [-0.15, -0.1) is 0 Å². The Balaban J connectivity index is 2.08. The number of likely N-dealkylation sites (N-methyl/N-ethyl adjacent to an activating group) is 1. The standard InChI is InChI=1S/C12H24N2O/c1-3-4-5-6-9-13-12(15)11-8-7-10-14(11)2/h11H,3-10H2,1-2H3,(H,13,15). The zero-order valence-corrected chi connectivity index (χ0v) is 10.1. The van der Waals surface area contributed by atoms with Crippen LogP contribution >= 0.6 is 0 Å². The van der Waals surface area contributed by atoms with Crippen LogP contribution in [-0.4, -0.2) is 37.0 Å². The van der Waals surface area contributed by atoms with Crippen LogP contribution in [0.4, 0.5) is 0 Å². The summed E-state index contributed by atoms with van der Waals surface area (Å²) in [6, 6.07) is 0.135. The van der Waals surface area contributed by atoms with Gasteiger partial charge in [-0.25, -0.2) is 0 Å². The highest BCUT2D eigenvalue weighted by Crippen LogP contribution is 2.14. The first-order valence-electron chi connectivity index (χ1n) is 6.23. The molecule has 1 aliphatic heterocycles. The van der Waals surface area contributed by atoms with Crippen molar-refractivity contribution in [2.75, 3.05) is 20.1 Å². The van der Waals surface area contributed by atoms with Crippen molar-refractivity contribution in [1.29, 1.82) is 0 Å². The number of carbonyl (C=O) groups is 1. The van der Waals surface area contributed by atoms with Crippen molar-refractivity contribution < 1.29 is 4.79 Å². The van der Waals surface area contributed by atoms with E-state index in [4.69, 9.17) is 0 Å². The van der Waals surface area contributed by atoms with Gasteiger partial charge in [0.1, 0.15) is 0 Å². The molecule has 0 bridgehead atoms. The number of nitrogens with one attached hydrogen (secondary N) is 1. The van der Waals surface area contributed by atoms with Gasteiger partial charge in [-0.2, -0.15) is 0 Å². The summed E-state index contributed by atoms with van der Waals surface area (Å²) in [5.74, 6) is 0.228. The lowest BCUT2D eigenvalue weighted by atomic mass is 10.2. The Morgan fingerprint density at radius 1 is 1.40 bits per heavy atom. The lowest BCUT2D eigenvalue weighted by Gasteiger charge is -2.18.